The second-order valence-corrected chi connectivity index (χ2v) is 5.74. The minimum absolute atomic E-state index is 0.331. The molecule has 1 aromatic rings. The highest BCUT2D eigenvalue weighted by Crippen LogP contribution is 2.33. The van der Waals surface area contributed by atoms with E-state index in [0.29, 0.717) is 11.9 Å². The Morgan fingerprint density at radius 3 is 2.56 bits per heavy atom. The minimum atomic E-state index is 0.331. The molecule has 2 fully saturated rings. The van der Waals surface area contributed by atoms with Crippen LogP contribution in [0, 0.1) is 5.92 Å². The van der Waals surface area contributed by atoms with Gasteiger partial charge in [-0.25, -0.2) is 0 Å². The molecule has 1 aliphatic carbocycles. The quantitative estimate of drug-likeness (QED) is 0.770. The predicted molar refractivity (Wildman–Crippen MR) is 70.6 cm³/mol. The van der Waals surface area contributed by atoms with Crippen molar-refractivity contribution in [2.75, 3.05) is 18.0 Å². The number of anilines is 1. The molecule has 4 heteroatoms. The van der Waals surface area contributed by atoms with Crippen molar-refractivity contribution in [3.8, 4) is 0 Å². The van der Waals surface area contributed by atoms with Crippen LogP contribution in [0.2, 0.25) is 0 Å². The monoisotopic (exact) mass is 247 g/mol. The van der Waals surface area contributed by atoms with E-state index in [1.54, 1.807) is 5.57 Å². The molecule has 18 heavy (non-hydrogen) atoms. The van der Waals surface area contributed by atoms with E-state index in [4.69, 9.17) is 4.52 Å². The van der Waals surface area contributed by atoms with Crippen molar-refractivity contribution in [1.82, 2.24) is 10.1 Å². The van der Waals surface area contributed by atoms with Crippen LogP contribution >= 0.6 is 0 Å². The summed E-state index contributed by atoms with van der Waals surface area (Å²) < 4.78 is 5.34. The summed E-state index contributed by atoms with van der Waals surface area (Å²) in [5, 5.41) is 4.03. The number of rotatable bonds is 3. The van der Waals surface area contributed by atoms with Gasteiger partial charge in [-0.2, -0.15) is 4.98 Å². The molecule has 98 valence electrons. The highest BCUT2D eigenvalue weighted by Gasteiger charge is 2.23. The number of hydrogen-bond donors (Lipinski definition) is 0. The van der Waals surface area contributed by atoms with Crippen LogP contribution in [-0.2, 0) is 0 Å². The van der Waals surface area contributed by atoms with Crippen molar-refractivity contribution >= 4 is 6.01 Å². The fraction of sp³-hybridized carbons (Fsp3) is 0.714. The van der Waals surface area contributed by atoms with Crippen molar-refractivity contribution < 1.29 is 4.52 Å². The number of aromatic nitrogens is 2. The maximum atomic E-state index is 5.34. The summed E-state index contributed by atoms with van der Waals surface area (Å²) in [6, 6.07) is 0.698. The molecule has 0 bridgehead atoms. The van der Waals surface area contributed by atoms with Crippen molar-refractivity contribution in [1.29, 1.82) is 0 Å². The van der Waals surface area contributed by atoms with Gasteiger partial charge in [-0.3, -0.25) is 0 Å². The molecule has 1 saturated carbocycles. The zero-order valence-corrected chi connectivity index (χ0v) is 11.2. The van der Waals surface area contributed by atoms with Crippen LogP contribution in [0.1, 0.15) is 51.3 Å². The number of nitrogens with zero attached hydrogens (tertiary/aromatic N) is 3. The first kappa shape index (κ1) is 11.8. The molecule has 0 amide bonds. The molecule has 2 heterocycles. The topological polar surface area (TPSA) is 42.2 Å². The van der Waals surface area contributed by atoms with Gasteiger partial charge in [0.15, 0.2) is 5.82 Å². The Kier molecular flexibility index (Phi) is 3.10. The number of hydrogen-bond acceptors (Lipinski definition) is 4. The molecule has 0 radical (unpaired) electrons. The van der Waals surface area contributed by atoms with E-state index in [2.05, 4.69) is 35.0 Å². The summed E-state index contributed by atoms with van der Waals surface area (Å²) in [4.78, 5) is 6.67. The van der Waals surface area contributed by atoms with Gasteiger partial charge in [0.25, 0.3) is 0 Å². The molecule has 3 rings (SSSR count). The molecule has 0 unspecified atom stereocenters. The molecule has 1 aromatic heterocycles. The van der Waals surface area contributed by atoms with Gasteiger partial charge in [0, 0.05) is 19.0 Å². The van der Waals surface area contributed by atoms with Crippen molar-refractivity contribution in [2.24, 2.45) is 5.92 Å². The second kappa shape index (κ2) is 4.75. The van der Waals surface area contributed by atoms with Crippen LogP contribution in [0.25, 0.3) is 0 Å². The summed E-state index contributed by atoms with van der Waals surface area (Å²) >= 11 is 0. The zero-order valence-electron chi connectivity index (χ0n) is 11.2. The average molecular weight is 247 g/mol. The Morgan fingerprint density at radius 2 is 2.00 bits per heavy atom. The van der Waals surface area contributed by atoms with Crippen LogP contribution in [0.5, 0.6) is 0 Å². The lowest BCUT2D eigenvalue weighted by Gasteiger charge is -2.26. The Balaban J connectivity index is 1.61. The lowest BCUT2D eigenvalue weighted by Crippen LogP contribution is -2.30. The van der Waals surface area contributed by atoms with Crippen LogP contribution in [0.4, 0.5) is 6.01 Å². The third-order valence-electron chi connectivity index (χ3n) is 3.72. The molecular weight excluding hydrogens is 226 g/mol. The summed E-state index contributed by atoms with van der Waals surface area (Å²) in [6.45, 7) is 6.19. The highest BCUT2D eigenvalue weighted by molar-refractivity contribution is 5.29. The maximum Gasteiger partial charge on any atom is 0.324 e. The van der Waals surface area contributed by atoms with Gasteiger partial charge in [-0.15, -0.1) is 0 Å². The van der Waals surface area contributed by atoms with Gasteiger partial charge in [0.05, 0.1) is 0 Å². The molecule has 1 aliphatic heterocycles. The number of allylic oxidation sites excluding steroid dienone is 1. The second-order valence-electron chi connectivity index (χ2n) is 5.74. The summed E-state index contributed by atoms with van der Waals surface area (Å²) in [5.41, 5.74) is 1.62. The minimum Gasteiger partial charge on any atom is -0.324 e. The molecule has 0 aromatic carbocycles. The van der Waals surface area contributed by atoms with Crippen LogP contribution in [0.15, 0.2) is 16.2 Å². The van der Waals surface area contributed by atoms with Crippen LogP contribution < -0.4 is 4.90 Å². The third-order valence-corrected chi connectivity index (χ3v) is 3.72. The first-order valence-corrected chi connectivity index (χ1v) is 7.00. The van der Waals surface area contributed by atoms with E-state index < -0.39 is 0 Å². The Labute approximate surface area is 108 Å². The molecule has 2 aliphatic rings. The fourth-order valence-corrected chi connectivity index (χ4v) is 2.34. The summed E-state index contributed by atoms with van der Waals surface area (Å²) in [5.74, 6) is 2.03. The zero-order chi connectivity index (χ0) is 12.5. The first-order chi connectivity index (χ1) is 8.72. The normalized spacial score (nSPS) is 20.6. The van der Waals surface area contributed by atoms with Crippen molar-refractivity contribution in [2.45, 2.75) is 45.4 Å². The fourth-order valence-electron chi connectivity index (χ4n) is 2.34. The van der Waals surface area contributed by atoms with Crippen LogP contribution in [0.3, 0.4) is 0 Å². The van der Waals surface area contributed by atoms with E-state index in [-0.39, 0.29) is 0 Å². The molecule has 0 atom stereocenters. The van der Waals surface area contributed by atoms with Gasteiger partial charge in [-0.1, -0.05) is 30.7 Å². The molecular formula is C14H21N3O. The lowest BCUT2D eigenvalue weighted by atomic mass is 10.0. The largest absolute Gasteiger partial charge is 0.324 e. The molecule has 4 nitrogen and oxygen atoms in total. The Morgan fingerprint density at radius 1 is 1.28 bits per heavy atom. The smallest absolute Gasteiger partial charge is 0.324 e. The van der Waals surface area contributed by atoms with Gasteiger partial charge in [0.1, 0.15) is 0 Å². The standard InChI is InChI=1S/C14H21N3O/c1-10(2)13-15-14(18-16-13)17-7-5-12(6-8-17)9-11-3-4-11/h9-11H,3-8H2,1-2H3. The lowest BCUT2D eigenvalue weighted by molar-refractivity contribution is 0.400. The highest BCUT2D eigenvalue weighted by atomic mass is 16.5. The van der Waals surface area contributed by atoms with Gasteiger partial charge >= 0.3 is 6.01 Å². The first-order valence-electron chi connectivity index (χ1n) is 7.00. The number of piperidine rings is 1. The third kappa shape index (κ3) is 2.57. The molecule has 0 spiro atoms. The van der Waals surface area contributed by atoms with Gasteiger partial charge in [-0.05, 0) is 31.6 Å². The summed E-state index contributed by atoms with van der Waals surface area (Å²) in [6.07, 6.45) is 7.58. The van der Waals surface area contributed by atoms with E-state index in [9.17, 15) is 0 Å². The van der Waals surface area contributed by atoms with E-state index in [0.717, 1.165) is 37.7 Å². The van der Waals surface area contributed by atoms with E-state index >= 15 is 0 Å². The Hall–Kier alpha value is -1.32. The van der Waals surface area contributed by atoms with Crippen molar-refractivity contribution in [3.05, 3.63) is 17.5 Å². The molecule has 0 N–H and O–H groups in total. The maximum absolute atomic E-state index is 5.34. The van der Waals surface area contributed by atoms with Gasteiger partial charge in [0.2, 0.25) is 0 Å². The SMILES string of the molecule is CC(C)c1noc(N2CCC(=CC3CC3)CC2)n1. The molecule has 1 saturated heterocycles. The van der Waals surface area contributed by atoms with Crippen LogP contribution in [-0.4, -0.2) is 23.2 Å². The van der Waals surface area contributed by atoms with E-state index in [1.807, 2.05) is 0 Å². The Bertz CT molecular complexity index is 436. The predicted octanol–water partition coefficient (Wildman–Crippen LogP) is 3.13. The van der Waals surface area contributed by atoms with E-state index in [1.165, 1.54) is 12.8 Å². The van der Waals surface area contributed by atoms with Gasteiger partial charge < -0.3 is 9.42 Å². The average Bonchev–Trinajstić information content (AvgIpc) is 3.04. The van der Waals surface area contributed by atoms with Crippen molar-refractivity contribution in [3.63, 3.8) is 0 Å². The summed E-state index contributed by atoms with van der Waals surface area (Å²) in [7, 11) is 0.